The van der Waals surface area contributed by atoms with E-state index in [9.17, 15) is 4.79 Å². The van der Waals surface area contributed by atoms with Crippen molar-refractivity contribution < 1.29 is 14.1 Å². The van der Waals surface area contributed by atoms with Crippen LogP contribution in [0.25, 0.3) is 11.4 Å². The van der Waals surface area contributed by atoms with Crippen LogP contribution < -0.4 is 4.74 Å². The van der Waals surface area contributed by atoms with Crippen LogP contribution >= 0.6 is 23.2 Å². The van der Waals surface area contributed by atoms with E-state index in [0.29, 0.717) is 60.0 Å². The lowest BCUT2D eigenvalue weighted by Gasteiger charge is -2.34. The van der Waals surface area contributed by atoms with Gasteiger partial charge in [0.25, 0.3) is 5.91 Å². The van der Waals surface area contributed by atoms with Crippen LogP contribution in [0.1, 0.15) is 16.2 Å². The third kappa shape index (κ3) is 4.75. The lowest BCUT2D eigenvalue weighted by atomic mass is 10.2. The number of hydrogen-bond acceptors (Lipinski definition) is 6. The predicted molar refractivity (Wildman–Crippen MR) is 114 cm³/mol. The molecule has 9 heteroatoms. The maximum absolute atomic E-state index is 12.7. The average Bonchev–Trinajstić information content (AvgIpc) is 3.21. The highest BCUT2D eigenvalue weighted by atomic mass is 35.5. The molecule has 1 aliphatic heterocycles. The Balaban J connectivity index is 1.33. The van der Waals surface area contributed by atoms with Crippen LogP contribution in [0.2, 0.25) is 10.0 Å². The Kier molecular flexibility index (Phi) is 6.22. The molecular weight excluding hydrogens is 427 g/mol. The third-order valence-corrected chi connectivity index (χ3v) is 5.38. The minimum Gasteiger partial charge on any atom is -0.497 e. The first kappa shape index (κ1) is 20.7. The average molecular weight is 447 g/mol. The highest BCUT2D eigenvalue weighted by molar-refractivity contribution is 6.35. The maximum atomic E-state index is 12.7. The molecule has 1 fully saturated rings. The molecule has 1 amide bonds. The van der Waals surface area contributed by atoms with E-state index in [-0.39, 0.29) is 5.91 Å². The van der Waals surface area contributed by atoms with Gasteiger partial charge < -0.3 is 14.2 Å². The Morgan fingerprint density at radius 3 is 2.37 bits per heavy atom. The summed E-state index contributed by atoms with van der Waals surface area (Å²) in [6.07, 6.45) is 0. The molecule has 3 aromatic rings. The summed E-state index contributed by atoms with van der Waals surface area (Å²) in [6.45, 7) is 3.15. The molecule has 4 rings (SSSR count). The van der Waals surface area contributed by atoms with Gasteiger partial charge in [-0.25, -0.2) is 0 Å². The quantitative estimate of drug-likeness (QED) is 0.589. The monoisotopic (exact) mass is 446 g/mol. The number of methoxy groups -OCH3 is 1. The summed E-state index contributed by atoms with van der Waals surface area (Å²) in [4.78, 5) is 21.2. The summed E-state index contributed by atoms with van der Waals surface area (Å²) in [7, 11) is 1.62. The standard InChI is InChI=1S/C21H20Cl2N4O3/c1-29-18-4-2-14(3-5-18)20-24-19(30-25-20)13-26-6-8-27(9-7-26)21(28)15-10-16(22)12-17(23)11-15/h2-5,10-12H,6-9,13H2,1H3. The second-order valence-corrected chi connectivity index (χ2v) is 7.84. The summed E-state index contributed by atoms with van der Waals surface area (Å²) >= 11 is 12.0. The zero-order valence-electron chi connectivity index (χ0n) is 16.3. The van der Waals surface area contributed by atoms with Gasteiger partial charge in [0, 0.05) is 47.4 Å². The van der Waals surface area contributed by atoms with Crippen LogP contribution in [0.3, 0.4) is 0 Å². The Hall–Kier alpha value is -2.61. The van der Waals surface area contributed by atoms with Crippen molar-refractivity contribution in [2.45, 2.75) is 6.54 Å². The number of carbonyl (C=O) groups excluding carboxylic acids is 1. The Morgan fingerprint density at radius 1 is 1.07 bits per heavy atom. The van der Waals surface area contributed by atoms with Gasteiger partial charge in [0.1, 0.15) is 5.75 Å². The number of nitrogens with zero attached hydrogens (tertiary/aromatic N) is 4. The summed E-state index contributed by atoms with van der Waals surface area (Å²) in [5.74, 6) is 1.79. The molecule has 156 valence electrons. The molecule has 0 N–H and O–H groups in total. The van der Waals surface area contributed by atoms with E-state index < -0.39 is 0 Å². The first-order valence-electron chi connectivity index (χ1n) is 9.46. The van der Waals surface area contributed by atoms with E-state index >= 15 is 0 Å². The van der Waals surface area contributed by atoms with Gasteiger partial charge in [-0.3, -0.25) is 9.69 Å². The van der Waals surface area contributed by atoms with E-state index in [2.05, 4.69) is 15.0 Å². The topological polar surface area (TPSA) is 71.7 Å². The number of carbonyl (C=O) groups is 1. The zero-order valence-corrected chi connectivity index (χ0v) is 17.9. The van der Waals surface area contributed by atoms with Crippen molar-refractivity contribution in [1.82, 2.24) is 19.9 Å². The Morgan fingerprint density at radius 2 is 1.73 bits per heavy atom. The minimum absolute atomic E-state index is 0.0707. The molecule has 30 heavy (non-hydrogen) atoms. The van der Waals surface area contributed by atoms with Gasteiger partial charge in [-0.1, -0.05) is 28.4 Å². The molecule has 0 spiro atoms. The largest absolute Gasteiger partial charge is 0.497 e. The van der Waals surface area contributed by atoms with Crippen molar-refractivity contribution in [3.05, 3.63) is 64.0 Å². The molecule has 2 aromatic carbocycles. The van der Waals surface area contributed by atoms with Crippen LogP contribution in [0.4, 0.5) is 0 Å². The van der Waals surface area contributed by atoms with Gasteiger partial charge in [-0.05, 0) is 42.5 Å². The van der Waals surface area contributed by atoms with E-state index in [4.69, 9.17) is 32.5 Å². The van der Waals surface area contributed by atoms with Gasteiger partial charge in [0.2, 0.25) is 11.7 Å². The van der Waals surface area contributed by atoms with E-state index in [0.717, 1.165) is 11.3 Å². The fourth-order valence-electron chi connectivity index (χ4n) is 3.34. The first-order valence-corrected chi connectivity index (χ1v) is 10.2. The number of benzene rings is 2. The Bertz CT molecular complexity index is 1010. The van der Waals surface area contributed by atoms with Crippen molar-refractivity contribution in [2.75, 3.05) is 33.3 Å². The van der Waals surface area contributed by atoms with Crippen molar-refractivity contribution >= 4 is 29.1 Å². The molecule has 1 aliphatic rings. The highest BCUT2D eigenvalue weighted by Crippen LogP contribution is 2.22. The van der Waals surface area contributed by atoms with Gasteiger partial charge in [-0.15, -0.1) is 0 Å². The van der Waals surface area contributed by atoms with Crippen molar-refractivity contribution in [2.24, 2.45) is 0 Å². The first-order chi connectivity index (χ1) is 14.5. The molecule has 0 atom stereocenters. The van der Waals surface area contributed by atoms with Gasteiger partial charge in [0.15, 0.2) is 0 Å². The number of amides is 1. The molecule has 7 nitrogen and oxygen atoms in total. The predicted octanol–water partition coefficient (Wildman–Crippen LogP) is 4.01. The molecular formula is C21H20Cl2N4O3. The fourth-order valence-corrected chi connectivity index (χ4v) is 3.86. The second kappa shape index (κ2) is 9.04. The molecule has 0 bridgehead atoms. The number of rotatable bonds is 5. The second-order valence-electron chi connectivity index (χ2n) is 6.97. The number of ether oxygens (including phenoxy) is 1. The molecule has 0 aliphatic carbocycles. The number of aromatic nitrogens is 2. The van der Waals surface area contributed by atoms with Gasteiger partial charge in [-0.2, -0.15) is 4.98 Å². The lowest BCUT2D eigenvalue weighted by Crippen LogP contribution is -2.48. The minimum atomic E-state index is -0.0707. The third-order valence-electron chi connectivity index (χ3n) is 4.94. The van der Waals surface area contributed by atoms with Crippen molar-refractivity contribution in [3.63, 3.8) is 0 Å². The highest BCUT2D eigenvalue weighted by Gasteiger charge is 2.24. The van der Waals surface area contributed by atoms with Gasteiger partial charge in [0.05, 0.1) is 13.7 Å². The summed E-state index contributed by atoms with van der Waals surface area (Å²) in [5.41, 5.74) is 1.36. The molecule has 0 saturated carbocycles. The van der Waals surface area contributed by atoms with Crippen LogP contribution in [-0.4, -0.2) is 59.1 Å². The molecule has 0 radical (unpaired) electrons. The summed E-state index contributed by atoms with van der Waals surface area (Å²) in [6, 6.07) is 12.4. The van der Waals surface area contributed by atoms with E-state index in [1.165, 1.54) is 0 Å². The summed E-state index contributed by atoms with van der Waals surface area (Å²) < 4.78 is 10.6. The summed E-state index contributed by atoms with van der Waals surface area (Å²) in [5, 5.41) is 4.97. The normalized spacial score (nSPS) is 14.7. The van der Waals surface area contributed by atoms with E-state index in [1.807, 2.05) is 24.3 Å². The molecule has 1 saturated heterocycles. The smallest absolute Gasteiger partial charge is 0.254 e. The molecule has 2 heterocycles. The molecule has 1 aromatic heterocycles. The zero-order chi connectivity index (χ0) is 21.1. The van der Waals surface area contributed by atoms with Crippen molar-refractivity contribution in [3.8, 4) is 17.1 Å². The Labute approximate surface area is 184 Å². The lowest BCUT2D eigenvalue weighted by molar-refractivity contribution is 0.0615. The maximum Gasteiger partial charge on any atom is 0.254 e. The molecule has 0 unspecified atom stereocenters. The van der Waals surface area contributed by atoms with Gasteiger partial charge >= 0.3 is 0 Å². The van der Waals surface area contributed by atoms with E-state index in [1.54, 1.807) is 30.2 Å². The number of halogens is 2. The van der Waals surface area contributed by atoms with Crippen LogP contribution in [0, 0.1) is 0 Å². The number of hydrogen-bond donors (Lipinski definition) is 0. The SMILES string of the molecule is COc1ccc(-c2noc(CN3CCN(C(=O)c4cc(Cl)cc(Cl)c4)CC3)n2)cc1. The van der Waals surface area contributed by atoms with Crippen LogP contribution in [0.15, 0.2) is 47.0 Å². The van der Waals surface area contributed by atoms with Crippen LogP contribution in [0.5, 0.6) is 5.75 Å². The fraction of sp³-hybridized carbons (Fsp3) is 0.286. The number of piperazine rings is 1. The van der Waals surface area contributed by atoms with Crippen LogP contribution in [-0.2, 0) is 6.54 Å². The van der Waals surface area contributed by atoms with Crippen molar-refractivity contribution in [1.29, 1.82) is 0 Å².